The number of benzene rings is 2. The monoisotopic (exact) mass is 416 g/mol. The lowest BCUT2D eigenvalue weighted by Gasteiger charge is -2.25. The molecule has 4 aromatic rings. The molecule has 1 aliphatic carbocycles. The van der Waals surface area contributed by atoms with Crippen LogP contribution in [0.15, 0.2) is 60.8 Å². The Morgan fingerprint density at radius 2 is 1.63 bits per heavy atom. The maximum absolute atomic E-state index is 5.99. The first-order chi connectivity index (χ1) is 14.6. The van der Waals surface area contributed by atoms with Crippen LogP contribution < -0.4 is 4.90 Å². The molecule has 1 saturated carbocycles. The molecule has 5 rings (SSSR count). The summed E-state index contributed by atoms with van der Waals surface area (Å²) in [5.41, 5.74) is 6.38. The normalized spacial score (nSPS) is 14.5. The fraction of sp³-hybridized carbons (Fsp3) is 0.280. The summed E-state index contributed by atoms with van der Waals surface area (Å²) in [6.45, 7) is 0. The zero-order valence-corrected chi connectivity index (χ0v) is 18.1. The van der Waals surface area contributed by atoms with Gasteiger partial charge in [-0.25, -0.2) is 4.98 Å². The van der Waals surface area contributed by atoms with Crippen molar-refractivity contribution in [1.29, 1.82) is 0 Å². The van der Waals surface area contributed by atoms with E-state index in [2.05, 4.69) is 53.9 Å². The number of hydrogen-bond donors (Lipinski definition) is 0. The van der Waals surface area contributed by atoms with Gasteiger partial charge in [0.1, 0.15) is 0 Å². The van der Waals surface area contributed by atoms with E-state index in [4.69, 9.17) is 21.6 Å². The van der Waals surface area contributed by atoms with Crippen LogP contribution in [0.25, 0.3) is 33.4 Å². The van der Waals surface area contributed by atoms with Gasteiger partial charge in [-0.3, -0.25) is 4.98 Å². The van der Waals surface area contributed by atoms with Crippen LogP contribution in [0.4, 0.5) is 5.95 Å². The average Bonchev–Trinajstić information content (AvgIpc) is 3.42. The lowest BCUT2D eigenvalue weighted by atomic mass is 10.1. The quantitative estimate of drug-likeness (QED) is 0.389. The van der Waals surface area contributed by atoms with Gasteiger partial charge in [0.25, 0.3) is 0 Å². The second-order valence-corrected chi connectivity index (χ2v) is 8.60. The summed E-state index contributed by atoms with van der Waals surface area (Å²) >= 11 is 5.99. The molecule has 0 radical (unpaired) electrons. The number of fused-ring (bicyclic) bond motifs is 1. The van der Waals surface area contributed by atoms with Crippen LogP contribution >= 0.6 is 11.6 Å². The Hall–Kier alpha value is -2.85. The maximum atomic E-state index is 5.99. The molecular weight excluding hydrogens is 392 g/mol. The molecule has 152 valence electrons. The number of pyridine rings is 1. The van der Waals surface area contributed by atoms with Crippen molar-refractivity contribution in [3.63, 3.8) is 0 Å². The lowest BCUT2D eigenvalue weighted by molar-refractivity contribution is 0.630. The van der Waals surface area contributed by atoms with E-state index >= 15 is 0 Å². The van der Waals surface area contributed by atoms with Crippen molar-refractivity contribution < 1.29 is 0 Å². The molecule has 1 aliphatic rings. The number of halogens is 1. The number of hydrogen-bond acceptors (Lipinski definition) is 3. The number of nitrogens with zero attached hydrogens (tertiary/aromatic N) is 4. The zero-order valence-electron chi connectivity index (χ0n) is 17.3. The molecule has 0 unspecified atom stereocenters. The number of imidazole rings is 1. The van der Waals surface area contributed by atoms with Gasteiger partial charge in [-0.15, -0.1) is 0 Å². The summed E-state index contributed by atoms with van der Waals surface area (Å²) in [6.07, 6.45) is 7.08. The van der Waals surface area contributed by atoms with Gasteiger partial charge in [0.05, 0.1) is 16.7 Å². The molecule has 5 heteroatoms. The molecule has 0 saturated heterocycles. The largest absolute Gasteiger partial charge is 0.342 e. The number of anilines is 1. The fourth-order valence-corrected chi connectivity index (χ4v) is 4.62. The SMILES string of the molecule is CN(c1nc2cc(-c3ccc(-c4ccc(Cl)cc4)cn3)ccc2n1C)C1CCCC1. The molecule has 0 N–H and O–H groups in total. The molecule has 0 bridgehead atoms. The lowest BCUT2D eigenvalue weighted by Crippen LogP contribution is -2.30. The van der Waals surface area contributed by atoms with Crippen molar-refractivity contribution in [1.82, 2.24) is 14.5 Å². The highest BCUT2D eigenvalue weighted by atomic mass is 35.5. The van der Waals surface area contributed by atoms with Crippen molar-refractivity contribution in [2.24, 2.45) is 7.05 Å². The number of aromatic nitrogens is 3. The predicted molar refractivity (Wildman–Crippen MR) is 125 cm³/mol. The number of rotatable bonds is 4. The van der Waals surface area contributed by atoms with E-state index in [-0.39, 0.29) is 0 Å². The zero-order chi connectivity index (χ0) is 20.7. The van der Waals surface area contributed by atoms with Crippen molar-refractivity contribution in [3.8, 4) is 22.4 Å². The van der Waals surface area contributed by atoms with Crippen molar-refractivity contribution in [3.05, 3.63) is 65.8 Å². The second kappa shape index (κ2) is 7.77. The molecule has 30 heavy (non-hydrogen) atoms. The third-order valence-electron chi connectivity index (χ3n) is 6.28. The molecule has 0 aliphatic heterocycles. The second-order valence-electron chi connectivity index (χ2n) is 8.16. The van der Waals surface area contributed by atoms with Gasteiger partial charge in [0.15, 0.2) is 0 Å². The third-order valence-corrected chi connectivity index (χ3v) is 6.53. The van der Waals surface area contributed by atoms with Gasteiger partial charge < -0.3 is 9.47 Å². The van der Waals surface area contributed by atoms with Gasteiger partial charge in [0.2, 0.25) is 5.95 Å². The minimum atomic E-state index is 0.599. The number of aryl methyl sites for hydroxylation is 1. The van der Waals surface area contributed by atoms with Crippen LogP contribution in [-0.4, -0.2) is 27.6 Å². The highest BCUT2D eigenvalue weighted by molar-refractivity contribution is 6.30. The summed E-state index contributed by atoms with van der Waals surface area (Å²) in [6, 6.07) is 19.0. The first kappa shape index (κ1) is 19.1. The summed E-state index contributed by atoms with van der Waals surface area (Å²) in [5.74, 6) is 1.04. The van der Waals surface area contributed by atoms with Crippen LogP contribution in [-0.2, 0) is 7.05 Å². The molecular formula is C25H25ClN4. The smallest absolute Gasteiger partial charge is 0.206 e. The Bertz CT molecular complexity index is 1170. The van der Waals surface area contributed by atoms with E-state index in [9.17, 15) is 0 Å². The fourth-order valence-electron chi connectivity index (χ4n) is 4.49. The standard InChI is InChI=1S/C25H25ClN4/c1-29(21-5-3-4-6-21)25-28-23-15-18(10-14-24(23)30(25)2)22-13-9-19(16-27-22)17-7-11-20(26)12-8-17/h7-16,21H,3-6H2,1-2H3. The summed E-state index contributed by atoms with van der Waals surface area (Å²) in [7, 11) is 4.28. The Morgan fingerprint density at radius 3 is 2.33 bits per heavy atom. The third kappa shape index (κ3) is 3.46. The molecule has 2 aromatic heterocycles. The molecule has 2 aromatic carbocycles. The van der Waals surface area contributed by atoms with E-state index in [1.54, 1.807) is 0 Å². The van der Waals surface area contributed by atoms with Crippen LogP contribution in [0.5, 0.6) is 0 Å². The van der Waals surface area contributed by atoms with Crippen molar-refractivity contribution >= 4 is 28.6 Å². The van der Waals surface area contributed by atoms with Gasteiger partial charge in [-0.1, -0.05) is 48.7 Å². The van der Waals surface area contributed by atoms with E-state index < -0.39 is 0 Å². The maximum Gasteiger partial charge on any atom is 0.206 e. The Balaban J connectivity index is 1.45. The van der Waals surface area contributed by atoms with Crippen LogP contribution in [0, 0.1) is 0 Å². The van der Waals surface area contributed by atoms with E-state index in [1.165, 1.54) is 25.7 Å². The van der Waals surface area contributed by atoms with E-state index in [0.29, 0.717) is 6.04 Å². The first-order valence-electron chi connectivity index (χ1n) is 10.5. The Labute approximate surface area is 182 Å². The van der Waals surface area contributed by atoms with Crippen molar-refractivity contribution in [2.45, 2.75) is 31.7 Å². The van der Waals surface area contributed by atoms with Crippen molar-refractivity contribution in [2.75, 3.05) is 11.9 Å². The predicted octanol–water partition coefficient (Wildman–Crippen LogP) is 6.33. The minimum absolute atomic E-state index is 0.599. The van der Waals surface area contributed by atoms with Gasteiger partial charge in [-0.2, -0.15) is 0 Å². The van der Waals surface area contributed by atoms with E-state index in [1.807, 2.05) is 30.5 Å². The first-order valence-corrected chi connectivity index (χ1v) is 10.9. The van der Waals surface area contributed by atoms with Gasteiger partial charge in [-0.05, 0) is 48.7 Å². The molecule has 0 amide bonds. The Morgan fingerprint density at radius 1 is 0.933 bits per heavy atom. The highest BCUT2D eigenvalue weighted by Gasteiger charge is 2.23. The summed E-state index contributed by atoms with van der Waals surface area (Å²) in [4.78, 5) is 12.0. The molecule has 0 atom stereocenters. The summed E-state index contributed by atoms with van der Waals surface area (Å²) in [5, 5.41) is 0.741. The average molecular weight is 417 g/mol. The van der Waals surface area contributed by atoms with Gasteiger partial charge in [0, 0.05) is 42.5 Å². The summed E-state index contributed by atoms with van der Waals surface area (Å²) < 4.78 is 2.20. The van der Waals surface area contributed by atoms with E-state index in [0.717, 1.165) is 44.4 Å². The highest BCUT2D eigenvalue weighted by Crippen LogP contribution is 2.31. The van der Waals surface area contributed by atoms with Crippen LogP contribution in [0.3, 0.4) is 0 Å². The van der Waals surface area contributed by atoms with Gasteiger partial charge >= 0.3 is 0 Å². The van der Waals surface area contributed by atoms with Crippen LogP contribution in [0.1, 0.15) is 25.7 Å². The molecule has 2 heterocycles. The topological polar surface area (TPSA) is 34.0 Å². The molecule has 1 fully saturated rings. The minimum Gasteiger partial charge on any atom is -0.342 e. The Kier molecular flexibility index (Phi) is 4.95. The van der Waals surface area contributed by atoms with Crippen LogP contribution in [0.2, 0.25) is 5.02 Å². The molecule has 4 nitrogen and oxygen atoms in total. The molecule has 0 spiro atoms.